The molecule has 0 spiro atoms. The van der Waals surface area contributed by atoms with E-state index in [9.17, 15) is 4.79 Å². The van der Waals surface area contributed by atoms with Crippen LogP contribution in [0.15, 0.2) is 54.2 Å². The highest BCUT2D eigenvalue weighted by Crippen LogP contribution is 2.25. The highest BCUT2D eigenvalue weighted by Gasteiger charge is 2.10. The van der Waals surface area contributed by atoms with Crippen molar-refractivity contribution in [2.75, 3.05) is 5.32 Å². The Balaban J connectivity index is 2.00. The van der Waals surface area contributed by atoms with Gasteiger partial charge in [-0.2, -0.15) is 5.26 Å². The highest BCUT2D eigenvalue weighted by molar-refractivity contribution is 6.42. The number of hydrogen-bond acceptors (Lipinski definition) is 3. The average molecular weight is 381 g/mol. The summed E-state index contributed by atoms with van der Waals surface area (Å²) >= 11 is 17.6. The van der Waals surface area contributed by atoms with Crippen molar-refractivity contribution in [2.24, 2.45) is 0 Å². The summed E-state index contributed by atoms with van der Waals surface area (Å²) in [6.07, 6.45) is 1.35. The maximum atomic E-state index is 12.1. The molecule has 2 aromatic rings. The Bertz CT molecular complexity index is 828. The predicted octanol–water partition coefficient (Wildman–Crippen LogP) is 4.78. The van der Waals surface area contributed by atoms with Gasteiger partial charge in [0.05, 0.1) is 10.0 Å². The molecule has 122 valence electrons. The van der Waals surface area contributed by atoms with E-state index in [2.05, 4.69) is 10.6 Å². The Kier molecular flexibility index (Phi) is 6.51. The smallest absolute Gasteiger partial charge is 0.267 e. The van der Waals surface area contributed by atoms with E-state index in [1.54, 1.807) is 24.3 Å². The van der Waals surface area contributed by atoms with Gasteiger partial charge in [0, 0.05) is 23.5 Å². The number of rotatable bonds is 5. The molecule has 0 radical (unpaired) electrons. The number of amides is 1. The number of nitriles is 1. The van der Waals surface area contributed by atoms with Crippen LogP contribution >= 0.6 is 34.8 Å². The Morgan fingerprint density at radius 2 is 1.92 bits per heavy atom. The van der Waals surface area contributed by atoms with Gasteiger partial charge in [-0.05, 0) is 35.9 Å². The van der Waals surface area contributed by atoms with Crippen LogP contribution < -0.4 is 10.6 Å². The molecule has 0 aromatic heterocycles. The normalized spacial score (nSPS) is 10.8. The first-order valence-electron chi connectivity index (χ1n) is 6.84. The van der Waals surface area contributed by atoms with Crippen LogP contribution in [-0.4, -0.2) is 5.91 Å². The van der Waals surface area contributed by atoms with Crippen LogP contribution in [0.3, 0.4) is 0 Å². The summed E-state index contributed by atoms with van der Waals surface area (Å²) in [6, 6.07) is 13.8. The number of hydrogen-bond donors (Lipinski definition) is 2. The minimum absolute atomic E-state index is 0.0666. The zero-order valence-corrected chi connectivity index (χ0v) is 14.6. The maximum Gasteiger partial charge on any atom is 0.267 e. The molecule has 0 bridgehead atoms. The lowest BCUT2D eigenvalue weighted by Gasteiger charge is -2.06. The Hall–Kier alpha value is -2.19. The first-order valence-corrected chi connectivity index (χ1v) is 7.97. The summed E-state index contributed by atoms with van der Waals surface area (Å²) in [5, 5.41) is 15.9. The summed E-state index contributed by atoms with van der Waals surface area (Å²) in [5.41, 5.74) is 1.31. The predicted molar refractivity (Wildman–Crippen MR) is 97.1 cm³/mol. The molecule has 4 nitrogen and oxygen atoms in total. The van der Waals surface area contributed by atoms with Gasteiger partial charge in [-0.3, -0.25) is 4.79 Å². The lowest BCUT2D eigenvalue weighted by atomic mass is 10.2. The van der Waals surface area contributed by atoms with Crippen molar-refractivity contribution in [3.8, 4) is 6.07 Å². The Labute approximate surface area is 154 Å². The van der Waals surface area contributed by atoms with Gasteiger partial charge in [-0.15, -0.1) is 0 Å². The van der Waals surface area contributed by atoms with Crippen molar-refractivity contribution >= 4 is 46.4 Å². The second kappa shape index (κ2) is 8.60. The second-order valence-corrected chi connectivity index (χ2v) is 6.01. The molecule has 2 aromatic carbocycles. The third kappa shape index (κ3) is 5.17. The van der Waals surface area contributed by atoms with Crippen molar-refractivity contribution in [3.63, 3.8) is 0 Å². The average Bonchev–Trinajstić information content (AvgIpc) is 2.55. The lowest BCUT2D eigenvalue weighted by molar-refractivity contribution is -0.112. The van der Waals surface area contributed by atoms with Gasteiger partial charge in [0.1, 0.15) is 11.6 Å². The monoisotopic (exact) mass is 379 g/mol. The number of benzene rings is 2. The molecular weight excluding hydrogens is 369 g/mol. The molecule has 24 heavy (non-hydrogen) atoms. The molecule has 0 aliphatic rings. The maximum absolute atomic E-state index is 12.1. The van der Waals surface area contributed by atoms with Crippen LogP contribution in [0, 0.1) is 11.3 Å². The van der Waals surface area contributed by atoms with E-state index >= 15 is 0 Å². The summed E-state index contributed by atoms with van der Waals surface area (Å²) in [7, 11) is 0. The molecule has 1 amide bonds. The van der Waals surface area contributed by atoms with Gasteiger partial charge >= 0.3 is 0 Å². The van der Waals surface area contributed by atoms with Gasteiger partial charge in [-0.1, -0.05) is 46.9 Å². The number of nitrogens with one attached hydrogen (secondary N) is 2. The van der Waals surface area contributed by atoms with Crippen LogP contribution in [0.4, 0.5) is 5.69 Å². The van der Waals surface area contributed by atoms with E-state index < -0.39 is 5.91 Å². The molecular formula is C17H12Cl3N3O. The Morgan fingerprint density at radius 3 is 2.58 bits per heavy atom. The zero-order valence-electron chi connectivity index (χ0n) is 12.3. The molecule has 0 heterocycles. The number of anilines is 1. The van der Waals surface area contributed by atoms with Crippen molar-refractivity contribution in [2.45, 2.75) is 6.54 Å². The topological polar surface area (TPSA) is 64.9 Å². The fraction of sp³-hybridized carbons (Fsp3) is 0.0588. The molecule has 0 saturated carbocycles. The van der Waals surface area contributed by atoms with Crippen LogP contribution in [0.1, 0.15) is 5.56 Å². The SMILES string of the molecule is N#C/C(=C/NCc1cccc(Cl)c1)C(=O)Nc1ccc(Cl)c(Cl)c1. The van der Waals surface area contributed by atoms with E-state index in [1.807, 2.05) is 18.2 Å². The molecule has 0 unspecified atom stereocenters. The molecule has 7 heteroatoms. The summed E-state index contributed by atoms with van der Waals surface area (Å²) < 4.78 is 0. The number of carbonyl (C=O) groups excluding carboxylic acids is 1. The molecule has 0 aliphatic heterocycles. The molecule has 0 fully saturated rings. The van der Waals surface area contributed by atoms with Crippen LogP contribution in [0.2, 0.25) is 15.1 Å². The highest BCUT2D eigenvalue weighted by atomic mass is 35.5. The number of halogens is 3. The van der Waals surface area contributed by atoms with Crippen molar-refractivity contribution in [1.82, 2.24) is 5.32 Å². The van der Waals surface area contributed by atoms with Crippen molar-refractivity contribution < 1.29 is 4.79 Å². The summed E-state index contributed by atoms with van der Waals surface area (Å²) in [4.78, 5) is 12.1. The second-order valence-electron chi connectivity index (χ2n) is 4.76. The fourth-order valence-electron chi connectivity index (χ4n) is 1.84. The largest absolute Gasteiger partial charge is 0.386 e. The van der Waals surface area contributed by atoms with E-state index in [0.717, 1.165) is 5.56 Å². The van der Waals surface area contributed by atoms with E-state index in [-0.39, 0.29) is 5.57 Å². The minimum atomic E-state index is -0.547. The van der Waals surface area contributed by atoms with E-state index in [1.165, 1.54) is 12.3 Å². The van der Waals surface area contributed by atoms with Gasteiger partial charge in [0.2, 0.25) is 0 Å². The van der Waals surface area contributed by atoms with Gasteiger partial charge in [-0.25, -0.2) is 0 Å². The third-order valence-corrected chi connectivity index (χ3v) is 3.96. The van der Waals surface area contributed by atoms with Gasteiger partial charge in [0.25, 0.3) is 5.91 Å². The summed E-state index contributed by atoms with van der Waals surface area (Å²) in [6.45, 7) is 0.436. The summed E-state index contributed by atoms with van der Waals surface area (Å²) in [5.74, 6) is -0.547. The minimum Gasteiger partial charge on any atom is -0.386 e. The number of nitrogens with zero attached hydrogens (tertiary/aromatic N) is 1. The first kappa shape index (κ1) is 18.2. The van der Waals surface area contributed by atoms with Crippen LogP contribution in [0.5, 0.6) is 0 Å². The zero-order chi connectivity index (χ0) is 17.5. The van der Waals surface area contributed by atoms with Crippen molar-refractivity contribution in [3.05, 3.63) is 74.9 Å². The van der Waals surface area contributed by atoms with Gasteiger partial charge in [0.15, 0.2) is 0 Å². The molecule has 0 atom stereocenters. The lowest BCUT2D eigenvalue weighted by Crippen LogP contribution is -2.16. The quantitative estimate of drug-likeness (QED) is 0.579. The van der Waals surface area contributed by atoms with Crippen molar-refractivity contribution in [1.29, 1.82) is 5.26 Å². The molecule has 2 rings (SSSR count). The standard InChI is InChI=1S/C17H12Cl3N3O/c18-13-3-1-2-11(6-13)9-22-10-12(8-21)17(24)23-14-4-5-15(19)16(20)7-14/h1-7,10,22H,9H2,(H,23,24)/b12-10-. The van der Waals surface area contributed by atoms with Crippen LogP contribution in [0.25, 0.3) is 0 Å². The van der Waals surface area contributed by atoms with Crippen LogP contribution in [-0.2, 0) is 11.3 Å². The molecule has 0 saturated heterocycles. The van der Waals surface area contributed by atoms with E-state index in [4.69, 9.17) is 40.1 Å². The molecule has 0 aliphatic carbocycles. The molecule has 2 N–H and O–H groups in total. The third-order valence-electron chi connectivity index (χ3n) is 2.98. The number of carbonyl (C=O) groups is 1. The first-order chi connectivity index (χ1) is 11.5. The Morgan fingerprint density at radius 1 is 1.12 bits per heavy atom. The van der Waals surface area contributed by atoms with Gasteiger partial charge < -0.3 is 10.6 Å². The fourth-order valence-corrected chi connectivity index (χ4v) is 2.35. The van der Waals surface area contributed by atoms with E-state index in [0.29, 0.717) is 27.3 Å².